The summed E-state index contributed by atoms with van der Waals surface area (Å²) < 4.78 is 81.7. The first kappa shape index (κ1) is 20.6. The van der Waals surface area contributed by atoms with Crippen LogP contribution in [0.5, 0.6) is 5.75 Å². The van der Waals surface area contributed by atoms with Gasteiger partial charge in [0.2, 0.25) is 0 Å². The second kappa shape index (κ2) is 7.37. The molecule has 152 valence electrons. The smallest absolute Gasteiger partial charge is 0.262 e. The van der Waals surface area contributed by atoms with E-state index in [2.05, 4.69) is 4.72 Å². The van der Waals surface area contributed by atoms with Crippen molar-refractivity contribution in [3.63, 3.8) is 0 Å². The summed E-state index contributed by atoms with van der Waals surface area (Å²) in [6, 6.07) is 11.3. The van der Waals surface area contributed by atoms with E-state index in [4.69, 9.17) is 4.74 Å². The van der Waals surface area contributed by atoms with Gasteiger partial charge < -0.3 is 4.74 Å². The standard InChI is InChI=1S/C17H19NO7S3/c1-25-17-8-3-2-7-16(17)18-28(23,24)14-6-4-5-13(11-14)27(21,22)15-9-10-26(19,20)12-15/h2-8,11,15,18H,9-10,12H2,1H3/t15-/m0/s1. The number of rotatable bonds is 6. The van der Waals surface area contributed by atoms with Crippen molar-refractivity contribution in [2.75, 3.05) is 23.3 Å². The Morgan fingerprint density at radius 1 is 1.00 bits per heavy atom. The summed E-state index contributed by atoms with van der Waals surface area (Å²) in [5, 5.41) is -1.07. The molecular formula is C17H19NO7S3. The number of methoxy groups -OCH3 is 1. The van der Waals surface area contributed by atoms with Crippen molar-refractivity contribution in [1.82, 2.24) is 0 Å². The Kier molecular flexibility index (Phi) is 5.43. The molecule has 1 fully saturated rings. The number of nitrogens with one attached hydrogen (secondary N) is 1. The predicted molar refractivity (Wildman–Crippen MR) is 104 cm³/mol. The molecule has 1 atom stereocenters. The third kappa shape index (κ3) is 4.15. The molecule has 0 saturated carbocycles. The van der Waals surface area contributed by atoms with Gasteiger partial charge in [0, 0.05) is 0 Å². The number of hydrogen-bond acceptors (Lipinski definition) is 7. The van der Waals surface area contributed by atoms with Crippen LogP contribution in [-0.4, -0.2) is 49.1 Å². The van der Waals surface area contributed by atoms with Crippen LogP contribution >= 0.6 is 0 Å². The highest BCUT2D eigenvalue weighted by molar-refractivity contribution is 7.96. The first-order chi connectivity index (χ1) is 13.0. The lowest BCUT2D eigenvalue weighted by atomic mass is 10.3. The molecule has 1 aliphatic heterocycles. The van der Waals surface area contributed by atoms with Crippen LogP contribution < -0.4 is 9.46 Å². The quantitative estimate of drug-likeness (QED) is 0.714. The van der Waals surface area contributed by atoms with E-state index in [0.29, 0.717) is 5.75 Å². The maximum Gasteiger partial charge on any atom is 0.262 e. The molecule has 2 aromatic carbocycles. The lowest BCUT2D eigenvalue weighted by molar-refractivity contribution is 0.417. The van der Waals surface area contributed by atoms with Gasteiger partial charge in [0.05, 0.1) is 39.3 Å². The minimum absolute atomic E-state index is 0.00110. The maximum atomic E-state index is 12.8. The maximum absolute atomic E-state index is 12.8. The molecule has 0 spiro atoms. The minimum Gasteiger partial charge on any atom is -0.495 e. The summed E-state index contributed by atoms with van der Waals surface area (Å²) in [6.45, 7) is 0. The molecule has 0 bridgehead atoms. The molecule has 11 heteroatoms. The molecule has 3 rings (SSSR count). The number of ether oxygens (including phenoxy) is 1. The van der Waals surface area contributed by atoms with Gasteiger partial charge in [-0.3, -0.25) is 4.72 Å². The van der Waals surface area contributed by atoms with E-state index >= 15 is 0 Å². The predicted octanol–water partition coefficient (Wildman–Crippen LogP) is 1.46. The van der Waals surface area contributed by atoms with Crippen LogP contribution in [0.2, 0.25) is 0 Å². The van der Waals surface area contributed by atoms with Gasteiger partial charge in [-0.2, -0.15) is 0 Å². The Labute approximate surface area is 164 Å². The van der Waals surface area contributed by atoms with Gasteiger partial charge in [0.1, 0.15) is 5.75 Å². The number of para-hydroxylation sites is 2. The number of anilines is 1. The van der Waals surface area contributed by atoms with Gasteiger partial charge in [0.25, 0.3) is 10.0 Å². The first-order valence-corrected chi connectivity index (χ1v) is 13.1. The van der Waals surface area contributed by atoms with Crippen molar-refractivity contribution in [2.45, 2.75) is 21.5 Å². The van der Waals surface area contributed by atoms with Gasteiger partial charge in [0.15, 0.2) is 19.7 Å². The second-order valence-corrected chi connectivity index (χ2v) is 12.5. The summed E-state index contributed by atoms with van der Waals surface area (Å²) in [5.74, 6) is -0.332. The SMILES string of the molecule is COc1ccccc1NS(=O)(=O)c1cccc(S(=O)(=O)[C@H]2CCS(=O)(=O)C2)c1. The molecule has 0 aliphatic carbocycles. The van der Waals surface area contributed by atoms with Crippen molar-refractivity contribution in [3.05, 3.63) is 48.5 Å². The van der Waals surface area contributed by atoms with Crippen LogP contribution in [0.15, 0.2) is 58.3 Å². The molecule has 28 heavy (non-hydrogen) atoms. The lowest BCUT2D eigenvalue weighted by Crippen LogP contribution is -2.23. The molecule has 0 unspecified atom stereocenters. The Morgan fingerprint density at radius 3 is 2.32 bits per heavy atom. The van der Waals surface area contributed by atoms with E-state index in [1.54, 1.807) is 18.2 Å². The molecular weight excluding hydrogens is 426 g/mol. The highest BCUT2D eigenvalue weighted by atomic mass is 32.2. The van der Waals surface area contributed by atoms with Crippen LogP contribution in [0.4, 0.5) is 5.69 Å². The van der Waals surface area contributed by atoms with E-state index in [1.165, 1.54) is 31.4 Å². The molecule has 1 aliphatic rings. The zero-order chi connectivity index (χ0) is 20.6. The Hall–Kier alpha value is -2.11. The van der Waals surface area contributed by atoms with Gasteiger partial charge in [-0.1, -0.05) is 18.2 Å². The zero-order valence-electron chi connectivity index (χ0n) is 14.9. The zero-order valence-corrected chi connectivity index (χ0v) is 17.3. The normalized spacial score (nSPS) is 19.2. The average molecular weight is 446 g/mol. The number of sulfonamides is 1. The largest absolute Gasteiger partial charge is 0.495 e. The van der Waals surface area contributed by atoms with Gasteiger partial charge in [-0.25, -0.2) is 25.3 Å². The van der Waals surface area contributed by atoms with Gasteiger partial charge >= 0.3 is 0 Å². The summed E-state index contributed by atoms with van der Waals surface area (Å²) in [4.78, 5) is -0.474. The van der Waals surface area contributed by atoms with Crippen LogP contribution in [0.25, 0.3) is 0 Å². The monoisotopic (exact) mass is 445 g/mol. The van der Waals surface area contributed by atoms with E-state index in [-0.39, 0.29) is 27.7 Å². The fourth-order valence-corrected chi connectivity index (χ4v) is 8.54. The van der Waals surface area contributed by atoms with Crippen LogP contribution in [-0.2, 0) is 29.7 Å². The fourth-order valence-electron chi connectivity index (χ4n) is 2.95. The summed E-state index contributed by atoms with van der Waals surface area (Å²) >= 11 is 0. The van der Waals surface area contributed by atoms with E-state index < -0.39 is 40.7 Å². The summed E-state index contributed by atoms with van der Waals surface area (Å²) in [5.41, 5.74) is 0.208. The van der Waals surface area contributed by atoms with E-state index in [0.717, 1.165) is 6.07 Å². The molecule has 8 nitrogen and oxygen atoms in total. The number of benzene rings is 2. The Bertz CT molecular complexity index is 1200. The van der Waals surface area contributed by atoms with Gasteiger partial charge in [-0.15, -0.1) is 0 Å². The minimum atomic E-state index is -4.09. The summed E-state index contributed by atoms with van der Waals surface area (Å²) in [7, 11) is -10.1. The first-order valence-electron chi connectivity index (χ1n) is 8.25. The highest BCUT2D eigenvalue weighted by Crippen LogP contribution is 2.29. The Balaban J connectivity index is 1.94. The number of hydrogen-bond donors (Lipinski definition) is 1. The van der Waals surface area contributed by atoms with Crippen molar-refractivity contribution in [1.29, 1.82) is 0 Å². The van der Waals surface area contributed by atoms with Crippen LogP contribution in [0.1, 0.15) is 6.42 Å². The molecule has 0 aromatic heterocycles. The van der Waals surface area contributed by atoms with Gasteiger partial charge in [-0.05, 0) is 36.8 Å². The van der Waals surface area contributed by atoms with Crippen LogP contribution in [0, 0.1) is 0 Å². The average Bonchev–Trinajstić information content (AvgIpc) is 3.02. The van der Waals surface area contributed by atoms with Crippen molar-refractivity contribution < 1.29 is 30.0 Å². The highest BCUT2D eigenvalue weighted by Gasteiger charge is 2.38. The van der Waals surface area contributed by atoms with Crippen molar-refractivity contribution in [3.8, 4) is 5.75 Å². The number of sulfone groups is 2. The fraction of sp³-hybridized carbons (Fsp3) is 0.294. The lowest BCUT2D eigenvalue weighted by Gasteiger charge is -2.14. The van der Waals surface area contributed by atoms with Crippen LogP contribution in [0.3, 0.4) is 0 Å². The van der Waals surface area contributed by atoms with Crippen molar-refractivity contribution >= 4 is 35.4 Å². The molecule has 1 N–H and O–H groups in total. The second-order valence-electron chi connectivity index (χ2n) is 6.35. The third-order valence-electron chi connectivity index (χ3n) is 4.43. The molecule has 2 aromatic rings. The molecule has 0 amide bonds. The van der Waals surface area contributed by atoms with E-state index in [9.17, 15) is 25.3 Å². The van der Waals surface area contributed by atoms with Crippen molar-refractivity contribution in [2.24, 2.45) is 0 Å². The molecule has 0 radical (unpaired) electrons. The molecule has 1 heterocycles. The summed E-state index contributed by atoms with van der Waals surface area (Å²) in [6.07, 6.45) is 0.00110. The van der Waals surface area contributed by atoms with E-state index in [1.807, 2.05) is 0 Å². The topological polar surface area (TPSA) is 124 Å². The Morgan fingerprint density at radius 2 is 1.68 bits per heavy atom. The molecule has 1 saturated heterocycles. The third-order valence-corrected chi connectivity index (χ3v) is 9.96.